The van der Waals surface area contributed by atoms with Crippen LogP contribution in [-0.2, 0) is 0 Å². The molecule has 0 amide bonds. The van der Waals surface area contributed by atoms with Crippen molar-refractivity contribution in [2.24, 2.45) is 5.92 Å². The van der Waals surface area contributed by atoms with Crippen LogP contribution in [0.15, 0.2) is 0 Å². The van der Waals surface area contributed by atoms with E-state index in [0.717, 1.165) is 24.5 Å². The van der Waals surface area contributed by atoms with Crippen molar-refractivity contribution in [3.63, 3.8) is 0 Å². The summed E-state index contributed by atoms with van der Waals surface area (Å²) >= 11 is 0. The molecule has 2 saturated carbocycles. The molecule has 1 atom stereocenters. The van der Waals surface area contributed by atoms with E-state index in [9.17, 15) is 0 Å². The first-order valence-electron chi connectivity index (χ1n) is 8.25. The molecule has 1 N–H and O–H groups in total. The summed E-state index contributed by atoms with van der Waals surface area (Å²) in [7, 11) is 2.35. The molecule has 2 fully saturated rings. The molecular formula is C16H32N2. The molecule has 2 aliphatic rings. The van der Waals surface area contributed by atoms with Crippen LogP contribution in [-0.4, -0.2) is 37.1 Å². The third-order valence-electron chi connectivity index (χ3n) is 5.12. The van der Waals surface area contributed by atoms with Crippen LogP contribution >= 0.6 is 0 Å². The van der Waals surface area contributed by atoms with Crippen molar-refractivity contribution in [1.82, 2.24) is 10.2 Å². The largest absolute Gasteiger partial charge is 0.313 e. The number of likely N-dealkylation sites (N-methyl/N-ethyl adjacent to an activating group) is 2. The van der Waals surface area contributed by atoms with Gasteiger partial charge in [-0.1, -0.05) is 39.0 Å². The maximum atomic E-state index is 3.77. The van der Waals surface area contributed by atoms with Crippen LogP contribution in [0.3, 0.4) is 0 Å². The number of nitrogens with one attached hydrogen (secondary N) is 1. The second-order valence-electron chi connectivity index (χ2n) is 6.44. The maximum absolute atomic E-state index is 3.77. The van der Waals surface area contributed by atoms with Gasteiger partial charge in [-0.05, 0) is 45.2 Å². The number of hydrogen-bond donors (Lipinski definition) is 1. The Hall–Kier alpha value is -0.0800. The highest BCUT2D eigenvalue weighted by Gasteiger charge is 2.27. The lowest BCUT2D eigenvalue weighted by atomic mass is 9.83. The van der Waals surface area contributed by atoms with Gasteiger partial charge in [0, 0.05) is 18.6 Å². The highest BCUT2D eigenvalue weighted by Crippen LogP contribution is 2.28. The first-order chi connectivity index (χ1) is 8.81. The molecule has 0 aromatic rings. The van der Waals surface area contributed by atoms with Crippen LogP contribution in [0.1, 0.15) is 64.7 Å². The smallest absolute Gasteiger partial charge is 0.0223 e. The molecule has 0 heterocycles. The van der Waals surface area contributed by atoms with Gasteiger partial charge in [0.25, 0.3) is 0 Å². The van der Waals surface area contributed by atoms with Crippen molar-refractivity contribution < 1.29 is 0 Å². The lowest BCUT2D eigenvalue weighted by Crippen LogP contribution is -2.47. The number of nitrogens with zero attached hydrogens (tertiary/aromatic N) is 1. The first kappa shape index (κ1) is 14.3. The van der Waals surface area contributed by atoms with Gasteiger partial charge in [-0.25, -0.2) is 0 Å². The van der Waals surface area contributed by atoms with Gasteiger partial charge < -0.3 is 10.2 Å². The fraction of sp³-hybridized carbons (Fsp3) is 1.00. The van der Waals surface area contributed by atoms with E-state index >= 15 is 0 Å². The van der Waals surface area contributed by atoms with Crippen molar-refractivity contribution in [2.75, 3.05) is 20.1 Å². The van der Waals surface area contributed by atoms with Gasteiger partial charge in [0.05, 0.1) is 0 Å². The van der Waals surface area contributed by atoms with Gasteiger partial charge in [-0.15, -0.1) is 0 Å². The molecule has 0 radical (unpaired) electrons. The Morgan fingerprint density at radius 3 is 2.22 bits per heavy atom. The van der Waals surface area contributed by atoms with Crippen LogP contribution in [0.25, 0.3) is 0 Å². The Bertz CT molecular complexity index is 217. The van der Waals surface area contributed by atoms with E-state index in [0.29, 0.717) is 0 Å². The summed E-state index contributed by atoms with van der Waals surface area (Å²) in [5, 5.41) is 3.77. The Kier molecular flexibility index (Phi) is 5.97. The zero-order valence-electron chi connectivity index (χ0n) is 12.5. The molecule has 2 rings (SSSR count). The maximum Gasteiger partial charge on any atom is 0.0223 e. The third kappa shape index (κ3) is 3.96. The number of rotatable bonds is 6. The van der Waals surface area contributed by atoms with Crippen LogP contribution < -0.4 is 5.32 Å². The summed E-state index contributed by atoms with van der Waals surface area (Å²) in [5.41, 5.74) is 0. The second kappa shape index (κ2) is 7.49. The van der Waals surface area contributed by atoms with E-state index in [-0.39, 0.29) is 0 Å². The van der Waals surface area contributed by atoms with Gasteiger partial charge in [0.1, 0.15) is 0 Å². The molecule has 106 valence electrons. The summed E-state index contributed by atoms with van der Waals surface area (Å²) in [6.45, 7) is 4.65. The lowest BCUT2D eigenvalue weighted by molar-refractivity contribution is 0.171. The predicted molar refractivity (Wildman–Crippen MR) is 78.9 cm³/mol. The van der Waals surface area contributed by atoms with E-state index in [1.165, 1.54) is 64.3 Å². The van der Waals surface area contributed by atoms with Crippen molar-refractivity contribution in [1.29, 1.82) is 0 Å². The average Bonchev–Trinajstić information content (AvgIpc) is 2.93. The van der Waals surface area contributed by atoms with E-state index < -0.39 is 0 Å². The molecule has 1 unspecified atom stereocenters. The minimum absolute atomic E-state index is 0.737. The zero-order chi connectivity index (χ0) is 12.8. The Balaban J connectivity index is 1.83. The van der Waals surface area contributed by atoms with E-state index in [2.05, 4.69) is 24.2 Å². The Morgan fingerprint density at radius 2 is 1.61 bits per heavy atom. The SMILES string of the molecule is CCNC(CN(C)C1CCCC1)C1CCCCC1. The minimum atomic E-state index is 0.737. The normalized spacial score (nSPS) is 24.8. The van der Waals surface area contributed by atoms with Gasteiger partial charge in [0.15, 0.2) is 0 Å². The van der Waals surface area contributed by atoms with Gasteiger partial charge in [-0.2, -0.15) is 0 Å². The molecule has 0 spiro atoms. The van der Waals surface area contributed by atoms with Gasteiger partial charge in [-0.3, -0.25) is 0 Å². The molecule has 0 aromatic heterocycles. The summed E-state index contributed by atoms with van der Waals surface area (Å²) in [5.74, 6) is 0.933. The molecule has 2 nitrogen and oxygen atoms in total. The third-order valence-corrected chi connectivity index (χ3v) is 5.12. The second-order valence-corrected chi connectivity index (χ2v) is 6.44. The van der Waals surface area contributed by atoms with Gasteiger partial charge >= 0.3 is 0 Å². The monoisotopic (exact) mass is 252 g/mol. The van der Waals surface area contributed by atoms with Crippen molar-refractivity contribution in [2.45, 2.75) is 76.8 Å². The standard InChI is InChI=1S/C16H32N2/c1-3-17-16(14-9-5-4-6-10-14)13-18(2)15-11-7-8-12-15/h14-17H,3-13H2,1-2H3. The molecule has 0 saturated heterocycles. The quantitative estimate of drug-likeness (QED) is 0.779. The Labute approximate surface area is 114 Å². The fourth-order valence-electron chi connectivity index (χ4n) is 3.98. The molecule has 18 heavy (non-hydrogen) atoms. The van der Waals surface area contributed by atoms with Crippen LogP contribution in [0, 0.1) is 5.92 Å². The lowest BCUT2D eigenvalue weighted by Gasteiger charge is -2.35. The van der Waals surface area contributed by atoms with E-state index in [4.69, 9.17) is 0 Å². The van der Waals surface area contributed by atoms with E-state index in [1.807, 2.05) is 0 Å². The van der Waals surface area contributed by atoms with Crippen molar-refractivity contribution >= 4 is 0 Å². The van der Waals surface area contributed by atoms with Crippen molar-refractivity contribution in [3.05, 3.63) is 0 Å². The van der Waals surface area contributed by atoms with E-state index in [1.54, 1.807) is 0 Å². The first-order valence-corrected chi connectivity index (χ1v) is 8.25. The Morgan fingerprint density at radius 1 is 1.00 bits per heavy atom. The average molecular weight is 252 g/mol. The van der Waals surface area contributed by atoms with Crippen LogP contribution in [0.5, 0.6) is 0 Å². The fourth-order valence-corrected chi connectivity index (χ4v) is 3.98. The highest BCUT2D eigenvalue weighted by molar-refractivity contribution is 4.84. The van der Waals surface area contributed by atoms with Gasteiger partial charge in [0.2, 0.25) is 0 Å². The molecule has 0 aromatic carbocycles. The van der Waals surface area contributed by atoms with Crippen molar-refractivity contribution in [3.8, 4) is 0 Å². The predicted octanol–water partition coefficient (Wildman–Crippen LogP) is 3.42. The van der Waals surface area contributed by atoms with Crippen LogP contribution in [0.2, 0.25) is 0 Å². The molecule has 2 aliphatic carbocycles. The minimum Gasteiger partial charge on any atom is -0.313 e. The zero-order valence-corrected chi connectivity index (χ0v) is 12.5. The summed E-state index contributed by atoms with van der Waals surface area (Å²) in [6.07, 6.45) is 13.0. The molecule has 2 heteroatoms. The summed E-state index contributed by atoms with van der Waals surface area (Å²) in [6, 6.07) is 1.61. The topological polar surface area (TPSA) is 15.3 Å². The summed E-state index contributed by atoms with van der Waals surface area (Å²) < 4.78 is 0. The molecule has 0 bridgehead atoms. The summed E-state index contributed by atoms with van der Waals surface area (Å²) in [4.78, 5) is 2.65. The van der Waals surface area contributed by atoms with Crippen LogP contribution in [0.4, 0.5) is 0 Å². The highest BCUT2D eigenvalue weighted by atomic mass is 15.2. The molecular weight excluding hydrogens is 220 g/mol. The molecule has 0 aliphatic heterocycles. The number of hydrogen-bond acceptors (Lipinski definition) is 2.